The Kier molecular flexibility index (Phi) is 3.00. The quantitative estimate of drug-likeness (QED) is 0.827. The van der Waals surface area contributed by atoms with E-state index < -0.39 is 5.41 Å². The average molecular weight is 243 g/mol. The summed E-state index contributed by atoms with van der Waals surface area (Å²) in [5.74, 6) is 0.0195. The van der Waals surface area contributed by atoms with Gasteiger partial charge in [0.15, 0.2) is 0 Å². The summed E-state index contributed by atoms with van der Waals surface area (Å²) in [6, 6.07) is 7.70. The smallest absolute Gasteiger partial charge is 0.254 e. The molecule has 0 saturated heterocycles. The van der Waals surface area contributed by atoms with Crippen molar-refractivity contribution in [2.75, 3.05) is 12.3 Å². The molecule has 0 spiro atoms. The maximum atomic E-state index is 12.1. The van der Waals surface area contributed by atoms with E-state index in [0.29, 0.717) is 30.8 Å². The molecule has 1 aromatic carbocycles. The van der Waals surface area contributed by atoms with Gasteiger partial charge in [-0.3, -0.25) is 4.79 Å². The molecule has 0 aromatic heterocycles. The SMILES string of the molecule is CC(C)(C#N)CCN1Cc2ccc(N)cc2C1=O. The van der Waals surface area contributed by atoms with E-state index >= 15 is 0 Å². The van der Waals surface area contributed by atoms with E-state index in [2.05, 4.69) is 6.07 Å². The first-order valence-corrected chi connectivity index (χ1v) is 6.02. The highest BCUT2D eigenvalue weighted by Gasteiger charge is 2.28. The van der Waals surface area contributed by atoms with Crippen LogP contribution in [0.4, 0.5) is 5.69 Å². The van der Waals surface area contributed by atoms with Crippen LogP contribution in [0, 0.1) is 16.7 Å². The molecule has 0 fully saturated rings. The van der Waals surface area contributed by atoms with Crippen molar-refractivity contribution in [3.05, 3.63) is 29.3 Å². The van der Waals surface area contributed by atoms with Crippen LogP contribution in [0.3, 0.4) is 0 Å². The zero-order valence-corrected chi connectivity index (χ0v) is 10.7. The van der Waals surface area contributed by atoms with Gasteiger partial charge in [0.25, 0.3) is 5.91 Å². The molecule has 2 rings (SSSR count). The van der Waals surface area contributed by atoms with Crippen molar-refractivity contribution in [3.8, 4) is 6.07 Å². The first-order valence-electron chi connectivity index (χ1n) is 6.02. The highest BCUT2D eigenvalue weighted by Crippen LogP contribution is 2.27. The summed E-state index contributed by atoms with van der Waals surface area (Å²) in [5.41, 5.74) is 7.62. The number of rotatable bonds is 3. The standard InChI is InChI=1S/C14H17N3O/c1-14(2,9-15)5-6-17-8-10-3-4-11(16)7-12(10)13(17)18/h3-4,7H,5-6,8,16H2,1-2H3. The van der Waals surface area contributed by atoms with Crippen LogP contribution in [0.5, 0.6) is 0 Å². The third kappa shape index (κ3) is 2.30. The molecule has 18 heavy (non-hydrogen) atoms. The van der Waals surface area contributed by atoms with Crippen molar-refractivity contribution in [1.29, 1.82) is 5.26 Å². The van der Waals surface area contributed by atoms with Crippen LogP contribution in [0.25, 0.3) is 0 Å². The molecule has 1 amide bonds. The van der Waals surface area contributed by atoms with E-state index in [-0.39, 0.29) is 5.91 Å². The van der Waals surface area contributed by atoms with Crippen LogP contribution < -0.4 is 5.73 Å². The molecule has 1 aliphatic heterocycles. The van der Waals surface area contributed by atoms with Gasteiger partial charge in [-0.05, 0) is 38.0 Å². The molecule has 0 unspecified atom stereocenters. The van der Waals surface area contributed by atoms with Gasteiger partial charge in [0.2, 0.25) is 0 Å². The maximum Gasteiger partial charge on any atom is 0.254 e. The van der Waals surface area contributed by atoms with E-state index in [1.54, 1.807) is 11.0 Å². The minimum atomic E-state index is -0.395. The largest absolute Gasteiger partial charge is 0.399 e. The van der Waals surface area contributed by atoms with Gasteiger partial charge in [0.1, 0.15) is 0 Å². The topological polar surface area (TPSA) is 70.1 Å². The molecular weight excluding hydrogens is 226 g/mol. The average Bonchev–Trinajstić information content (AvgIpc) is 2.64. The van der Waals surface area contributed by atoms with Crippen molar-refractivity contribution in [3.63, 3.8) is 0 Å². The van der Waals surface area contributed by atoms with Crippen molar-refractivity contribution in [2.24, 2.45) is 5.41 Å². The van der Waals surface area contributed by atoms with Gasteiger partial charge in [0, 0.05) is 24.3 Å². The second kappa shape index (κ2) is 4.34. The second-order valence-corrected chi connectivity index (χ2v) is 5.39. The highest BCUT2D eigenvalue weighted by atomic mass is 16.2. The molecule has 4 nitrogen and oxygen atoms in total. The van der Waals surface area contributed by atoms with Crippen molar-refractivity contribution < 1.29 is 4.79 Å². The van der Waals surface area contributed by atoms with Gasteiger partial charge in [-0.25, -0.2) is 0 Å². The minimum Gasteiger partial charge on any atom is -0.399 e. The lowest BCUT2D eigenvalue weighted by atomic mass is 9.91. The van der Waals surface area contributed by atoms with E-state index in [0.717, 1.165) is 5.56 Å². The van der Waals surface area contributed by atoms with Crippen LogP contribution >= 0.6 is 0 Å². The maximum absolute atomic E-state index is 12.1. The van der Waals surface area contributed by atoms with E-state index in [1.165, 1.54) is 0 Å². The van der Waals surface area contributed by atoms with E-state index in [1.807, 2.05) is 26.0 Å². The first kappa shape index (κ1) is 12.4. The Balaban J connectivity index is 2.09. The summed E-state index contributed by atoms with van der Waals surface area (Å²) in [6.45, 7) is 5.00. The molecule has 94 valence electrons. The summed E-state index contributed by atoms with van der Waals surface area (Å²) in [7, 11) is 0. The Morgan fingerprint density at radius 1 is 1.50 bits per heavy atom. The van der Waals surface area contributed by atoms with Crippen LogP contribution in [0.15, 0.2) is 18.2 Å². The van der Waals surface area contributed by atoms with Gasteiger partial charge in [-0.15, -0.1) is 0 Å². The number of nitriles is 1. The molecule has 1 aromatic rings. The van der Waals surface area contributed by atoms with Crippen LogP contribution in [0.1, 0.15) is 36.2 Å². The third-order valence-corrected chi connectivity index (χ3v) is 3.32. The zero-order chi connectivity index (χ0) is 13.3. The molecule has 0 radical (unpaired) electrons. The van der Waals surface area contributed by atoms with Crippen molar-refractivity contribution >= 4 is 11.6 Å². The molecule has 2 N–H and O–H groups in total. The van der Waals surface area contributed by atoms with E-state index in [4.69, 9.17) is 11.0 Å². The number of amides is 1. The van der Waals surface area contributed by atoms with Gasteiger partial charge >= 0.3 is 0 Å². The number of nitrogen functional groups attached to an aromatic ring is 1. The summed E-state index contributed by atoms with van der Waals surface area (Å²) < 4.78 is 0. The number of carbonyl (C=O) groups is 1. The van der Waals surface area contributed by atoms with Gasteiger partial charge in [-0.2, -0.15) is 5.26 Å². The van der Waals surface area contributed by atoms with Crippen molar-refractivity contribution in [1.82, 2.24) is 4.90 Å². The first-order chi connectivity index (χ1) is 8.43. The highest BCUT2D eigenvalue weighted by molar-refractivity contribution is 5.99. The number of nitrogens with zero attached hydrogens (tertiary/aromatic N) is 2. The van der Waals surface area contributed by atoms with Crippen LogP contribution in [-0.2, 0) is 6.54 Å². The molecule has 0 atom stereocenters. The molecule has 0 saturated carbocycles. The van der Waals surface area contributed by atoms with E-state index in [9.17, 15) is 4.79 Å². The number of hydrogen-bond acceptors (Lipinski definition) is 3. The van der Waals surface area contributed by atoms with Gasteiger partial charge < -0.3 is 10.6 Å². The molecule has 0 bridgehead atoms. The summed E-state index contributed by atoms with van der Waals surface area (Å²) in [4.78, 5) is 13.9. The fourth-order valence-corrected chi connectivity index (χ4v) is 2.03. The van der Waals surface area contributed by atoms with Crippen molar-refractivity contribution in [2.45, 2.75) is 26.8 Å². The summed E-state index contributed by atoms with van der Waals surface area (Å²) in [6.07, 6.45) is 0.679. The number of hydrogen-bond donors (Lipinski definition) is 1. The molecule has 4 heteroatoms. The Morgan fingerprint density at radius 3 is 2.89 bits per heavy atom. The molecule has 0 aliphatic carbocycles. The number of benzene rings is 1. The number of nitrogens with two attached hydrogens (primary N) is 1. The fourth-order valence-electron chi connectivity index (χ4n) is 2.03. The Hall–Kier alpha value is -2.02. The lowest BCUT2D eigenvalue weighted by Gasteiger charge is -2.21. The molecule has 1 aliphatic rings. The monoisotopic (exact) mass is 243 g/mol. The zero-order valence-electron chi connectivity index (χ0n) is 10.7. The summed E-state index contributed by atoms with van der Waals surface area (Å²) >= 11 is 0. The second-order valence-electron chi connectivity index (χ2n) is 5.39. The molecule has 1 heterocycles. The van der Waals surface area contributed by atoms with Gasteiger partial charge in [0.05, 0.1) is 11.5 Å². The Morgan fingerprint density at radius 2 is 2.22 bits per heavy atom. The minimum absolute atomic E-state index is 0.0195. The lowest BCUT2D eigenvalue weighted by molar-refractivity contribution is 0.0766. The number of fused-ring (bicyclic) bond motifs is 1. The Bertz CT molecular complexity index is 528. The third-order valence-electron chi connectivity index (χ3n) is 3.32. The number of anilines is 1. The molecular formula is C14H17N3O. The van der Waals surface area contributed by atoms with Crippen LogP contribution in [-0.4, -0.2) is 17.4 Å². The summed E-state index contributed by atoms with van der Waals surface area (Å²) in [5, 5.41) is 8.97. The van der Waals surface area contributed by atoms with Gasteiger partial charge in [-0.1, -0.05) is 6.07 Å². The fraction of sp³-hybridized carbons (Fsp3) is 0.429. The lowest BCUT2D eigenvalue weighted by Crippen LogP contribution is -2.28. The normalized spacial score (nSPS) is 14.5. The van der Waals surface area contributed by atoms with Crippen LogP contribution in [0.2, 0.25) is 0 Å². The predicted molar refractivity (Wildman–Crippen MR) is 69.6 cm³/mol. The Labute approximate surface area is 107 Å². The number of carbonyl (C=O) groups excluding carboxylic acids is 1. The predicted octanol–water partition coefficient (Wildman–Crippen LogP) is 2.16.